The quantitative estimate of drug-likeness (QED) is 0.391. The van der Waals surface area contributed by atoms with E-state index in [9.17, 15) is 4.79 Å². The molecule has 0 bridgehead atoms. The van der Waals surface area contributed by atoms with E-state index in [0.717, 1.165) is 23.5 Å². The van der Waals surface area contributed by atoms with Crippen LogP contribution in [-0.2, 0) is 0 Å². The molecule has 1 aromatic heterocycles. The summed E-state index contributed by atoms with van der Waals surface area (Å²) in [5.41, 5.74) is 2.73. The molecule has 1 heterocycles. The molecule has 0 unspecified atom stereocenters. The highest BCUT2D eigenvalue weighted by Crippen LogP contribution is 2.19. The van der Waals surface area contributed by atoms with Gasteiger partial charge in [-0.05, 0) is 25.5 Å². The molecule has 0 saturated heterocycles. The van der Waals surface area contributed by atoms with Gasteiger partial charge in [-0.3, -0.25) is 4.79 Å². The maximum Gasteiger partial charge on any atom is 0.252 e. The summed E-state index contributed by atoms with van der Waals surface area (Å²) in [7, 11) is 0. The third-order valence-corrected chi connectivity index (χ3v) is 4.57. The van der Waals surface area contributed by atoms with E-state index in [4.69, 9.17) is 4.74 Å². The van der Waals surface area contributed by atoms with E-state index in [2.05, 4.69) is 16.9 Å². The first-order valence-electron chi connectivity index (χ1n) is 8.20. The van der Waals surface area contributed by atoms with Crippen LogP contribution in [-0.4, -0.2) is 22.3 Å². The van der Waals surface area contributed by atoms with Gasteiger partial charge in [0.1, 0.15) is 5.75 Å². The lowest BCUT2D eigenvalue weighted by Gasteiger charge is -2.07. The van der Waals surface area contributed by atoms with Gasteiger partial charge in [0.25, 0.3) is 5.56 Å². The molecule has 0 aliphatic heterocycles. The van der Waals surface area contributed by atoms with E-state index in [1.165, 1.54) is 23.4 Å². The number of hydrogen-bond acceptors (Lipinski definition) is 4. The van der Waals surface area contributed by atoms with Crippen LogP contribution in [0, 0.1) is 6.92 Å². The standard InChI is InChI=1S/C20H20N2O2S/c1-15-8-10-17(11-9-15)24-12-5-13-25-20-21-18(14-19(23)22-20)16-6-3-2-4-7-16/h2-4,6-11,14H,5,12-13H2,1H3,(H,21,22,23). The number of benzene rings is 2. The second-order valence-electron chi connectivity index (χ2n) is 5.67. The van der Waals surface area contributed by atoms with Crippen molar-refractivity contribution in [3.63, 3.8) is 0 Å². The minimum Gasteiger partial charge on any atom is -0.494 e. The van der Waals surface area contributed by atoms with Crippen molar-refractivity contribution in [3.05, 3.63) is 76.6 Å². The number of aromatic amines is 1. The van der Waals surface area contributed by atoms with Crippen LogP contribution < -0.4 is 10.3 Å². The van der Waals surface area contributed by atoms with Gasteiger partial charge in [0.05, 0.1) is 12.3 Å². The fourth-order valence-corrected chi connectivity index (χ4v) is 3.10. The molecule has 128 valence electrons. The van der Waals surface area contributed by atoms with E-state index in [-0.39, 0.29) is 5.56 Å². The molecular formula is C20H20N2O2S. The van der Waals surface area contributed by atoms with Gasteiger partial charge in [-0.15, -0.1) is 0 Å². The van der Waals surface area contributed by atoms with Crippen molar-refractivity contribution in [3.8, 4) is 17.0 Å². The molecule has 2 aromatic carbocycles. The summed E-state index contributed by atoms with van der Waals surface area (Å²) in [5, 5.41) is 0.640. The first kappa shape index (κ1) is 17.3. The van der Waals surface area contributed by atoms with Crippen molar-refractivity contribution < 1.29 is 4.74 Å². The first-order chi connectivity index (χ1) is 12.2. The molecule has 0 aliphatic rings. The van der Waals surface area contributed by atoms with E-state index < -0.39 is 0 Å². The predicted molar refractivity (Wildman–Crippen MR) is 102 cm³/mol. The zero-order chi connectivity index (χ0) is 17.5. The Morgan fingerprint density at radius 1 is 1.08 bits per heavy atom. The first-order valence-corrected chi connectivity index (χ1v) is 9.18. The van der Waals surface area contributed by atoms with Crippen LogP contribution >= 0.6 is 11.8 Å². The normalized spacial score (nSPS) is 10.6. The minimum absolute atomic E-state index is 0.132. The van der Waals surface area contributed by atoms with E-state index in [0.29, 0.717) is 17.5 Å². The number of hydrogen-bond donors (Lipinski definition) is 1. The summed E-state index contributed by atoms with van der Waals surface area (Å²) < 4.78 is 5.71. The van der Waals surface area contributed by atoms with Crippen molar-refractivity contribution in [2.45, 2.75) is 18.5 Å². The monoisotopic (exact) mass is 352 g/mol. The lowest BCUT2D eigenvalue weighted by atomic mass is 10.1. The Labute approximate surface area is 151 Å². The zero-order valence-electron chi connectivity index (χ0n) is 14.1. The van der Waals surface area contributed by atoms with E-state index >= 15 is 0 Å². The topological polar surface area (TPSA) is 55.0 Å². The second-order valence-corrected chi connectivity index (χ2v) is 6.75. The Bertz CT molecular complexity index is 861. The number of rotatable bonds is 7. The van der Waals surface area contributed by atoms with Crippen LogP contribution in [0.5, 0.6) is 5.75 Å². The van der Waals surface area contributed by atoms with Crippen LogP contribution in [0.2, 0.25) is 0 Å². The smallest absolute Gasteiger partial charge is 0.252 e. The van der Waals surface area contributed by atoms with Crippen molar-refractivity contribution in [1.82, 2.24) is 9.97 Å². The third kappa shape index (κ3) is 5.22. The molecule has 0 atom stereocenters. The second kappa shape index (κ2) is 8.53. The summed E-state index contributed by atoms with van der Waals surface area (Å²) in [5.74, 6) is 1.71. The van der Waals surface area contributed by atoms with E-state index in [1.54, 1.807) is 0 Å². The molecule has 25 heavy (non-hydrogen) atoms. The van der Waals surface area contributed by atoms with Crippen LogP contribution in [0.4, 0.5) is 0 Å². The number of aromatic nitrogens is 2. The van der Waals surface area contributed by atoms with Crippen LogP contribution in [0.25, 0.3) is 11.3 Å². The average Bonchev–Trinajstić information content (AvgIpc) is 2.63. The van der Waals surface area contributed by atoms with Crippen molar-refractivity contribution in [2.24, 2.45) is 0 Å². The molecule has 0 fully saturated rings. The molecule has 3 aromatic rings. The number of nitrogens with one attached hydrogen (secondary N) is 1. The molecule has 0 aliphatic carbocycles. The van der Waals surface area contributed by atoms with Gasteiger partial charge in [0.15, 0.2) is 5.16 Å². The van der Waals surface area contributed by atoms with Gasteiger partial charge < -0.3 is 9.72 Å². The van der Waals surface area contributed by atoms with Gasteiger partial charge in [0.2, 0.25) is 0 Å². The summed E-state index contributed by atoms with van der Waals surface area (Å²) in [6.07, 6.45) is 0.873. The highest BCUT2D eigenvalue weighted by atomic mass is 32.2. The number of aryl methyl sites for hydroxylation is 1. The molecule has 3 rings (SSSR count). The molecule has 4 nitrogen and oxygen atoms in total. The molecule has 0 saturated carbocycles. The summed E-state index contributed by atoms with van der Waals surface area (Å²) in [6.45, 7) is 2.69. The molecule has 0 spiro atoms. The minimum atomic E-state index is -0.132. The largest absolute Gasteiger partial charge is 0.494 e. The molecule has 0 radical (unpaired) electrons. The fourth-order valence-electron chi connectivity index (χ4n) is 2.31. The Kier molecular flexibility index (Phi) is 5.90. The van der Waals surface area contributed by atoms with Gasteiger partial charge in [0, 0.05) is 17.4 Å². The van der Waals surface area contributed by atoms with Gasteiger partial charge in [-0.2, -0.15) is 0 Å². The summed E-state index contributed by atoms with van der Waals surface area (Å²) in [4.78, 5) is 19.2. The Morgan fingerprint density at radius 3 is 2.60 bits per heavy atom. The number of nitrogens with zero attached hydrogens (tertiary/aromatic N) is 1. The summed E-state index contributed by atoms with van der Waals surface area (Å²) in [6, 6.07) is 19.3. The predicted octanol–water partition coefficient (Wildman–Crippen LogP) is 4.31. The number of thioether (sulfide) groups is 1. The molecular weight excluding hydrogens is 332 g/mol. The zero-order valence-corrected chi connectivity index (χ0v) is 14.9. The van der Waals surface area contributed by atoms with Gasteiger partial charge >= 0.3 is 0 Å². The molecule has 1 N–H and O–H groups in total. The molecule has 5 heteroatoms. The maximum atomic E-state index is 11.9. The van der Waals surface area contributed by atoms with Crippen molar-refractivity contribution in [2.75, 3.05) is 12.4 Å². The summed E-state index contributed by atoms with van der Waals surface area (Å²) >= 11 is 1.53. The highest BCUT2D eigenvalue weighted by molar-refractivity contribution is 7.99. The molecule has 0 amide bonds. The SMILES string of the molecule is Cc1ccc(OCCCSc2nc(-c3ccccc3)cc(=O)[nH]2)cc1. The number of H-pyrrole nitrogens is 1. The Morgan fingerprint density at radius 2 is 1.84 bits per heavy atom. The highest BCUT2D eigenvalue weighted by Gasteiger charge is 2.04. The van der Waals surface area contributed by atoms with Crippen LogP contribution in [0.1, 0.15) is 12.0 Å². The van der Waals surface area contributed by atoms with Crippen molar-refractivity contribution in [1.29, 1.82) is 0 Å². The lowest BCUT2D eigenvalue weighted by molar-refractivity contribution is 0.318. The maximum absolute atomic E-state index is 11.9. The van der Waals surface area contributed by atoms with Crippen LogP contribution in [0.3, 0.4) is 0 Å². The number of ether oxygens (including phenoxy) is 1. The van der Waals surface area contributed by atoms with Crippen LogP contribution in [0.15, 0.2) is 70.6 Å². The lowest BCUT2D eigenvalue weighted by Crippen LogP contribution is -2.08. The van der Waals surface area contributed by atoms with Gasteiger partial charge in [-0.25, -0.2) is 4.98 Å². The van der Waals surface area contributed by atoms with Gasteiger partial charge in [-0.1, -0.05) is 59.8 Å². The Balaban J connectivity index is 1.52. The average molecular weight is 352 g/mol. The third-order valence-electron chi connectivity index (χ3n) is 3.61. The Hall–Kier alpha value is -2.53. The fraction of sp³-hybridized carbons (Fsp3) is 0.200. The van der Waals surface area contributed by atoms with E-state index in [1.807, 2.05) is 54.6 Å². The van der Waals surface area contributed by atoms with Crippen molar-refractivity contribution >= 4 is 11.8 Å².